The summed E-state index contributed by atoms with van der Waals surface area (Å²) in [5.74, 6) is 0.0968. The zero-order chi connectivity index (χ0) is 23.1. The Morgan fingerprint density at radius 2 is 1.66 bits per heavy atom. The van der Waals surface area contributed by atoms with Gasteiger partial charge in [0.1, 0.15) is 5.82 Å². The molecule has 166 valence electrons. The van der Waals surface area contributed by atoms with E-state index >= 15 is 0 Å². The summed E-state index contributed by atoms with van der Waals surface area (Å²) in [5.41, 5.74) is 6.93. The van der Waals surface area contributed by atoms with Crippen molar-refractivity contribution in [3.63, 3.8) is 0 Å². The molecular formula is C28H32N2O2. The lowest BCUT2D eigenvalue weighted by atomic mass is 9.62. The van der Waals surface area contributed by atoms with Crippen LogP contribution in [0.3, 0.4) is 0 Å². The number of aryl methyl sites for hydroxylation is 1. The number of aromatic carboxylic acids is 1. The maximum atomic E-state index is 11.1. The first-order chi connectivity index (χ1) is 15.1. The maximum absolute atomic E-state index is 11.1. The number of carboxylic acid groups (broad SMARTS) is 1. The molecule has 4 rings (SSSR count). The second-order valence-electron chi connectivity index (χ2n) is 10.2. The van der Waals surface area contributed by atoms with Gasteiger partial charge in [-0.05, 0) is 70.5 Å². The van der Waals surface area contributed by atoms with Crippen molar-refractivity contribution in [2.45, 2.75) is 64.8 Å². The third-order valence-electron chi connectivity index (χ3n) is 6.99. The minimum Gasteiger partial charge on any atom is -0.478 e. The quantitative estimate of drug-likeness (QED) is 0.475. The summed E-state index contributed by atoms with van der Waals surface area (Å²) in [6, 6.07) is 11.8. The Bertz CT molecular complexity index is 1180. The highest BCUT2D eigenvalue weighted by Crippen LogP contribution is 2.46. The molecule has 0 bridgehead atoms. The summed E-state index contributed by atoms with van der Waals surface area (Å²) in [7, 11) is 0. The highest BCUT2D eigenvalue weighted by molar-refractivity contribution is 5.88. The molecular weight excluding hydrogens is 396 g/mol. The Hall–Kier alpha value is -3.14. The third kappa shape index (κ3) is 4.27. The SMILES string of the molecule is Cc1nccn1Cc1cc2c(cc1/C=C/c1ccc(C(=O)O)cc1)C(C)(C)CCC2(C)C. The summed E-state index contributed by atoms with van der Waals surface area (Å²) in [4.78, 5) is 15.5. The Balaban J connectivity index is 1.80. The van der Waals surface area contributed by atoms with Crippen LogP contribution in [0.2, 0.25) is 0 Å². The molecule has 0 amide bonds. The lowest BCUT2D eigenvalue weighted by molar-refractivity contribution is 0.0697. The zero-order valence-electron chi connectivity index (χ0n) is 19.6. The fraction of sp³-hybridized carbons (Fsp3) is 0.357. The van der Waals surface area contributed by atoms with Crippen molar-refractivity contribution in [2.75, 3.05) is 0 Å². The monoisotopic (exact) mass is 428 g/mol. The first kappa shape index (κ1) is 22.1. The maximum Gasteiger partial charge on any atom is 0.335 e. The number of benzene rings is 2. The van der Waals surface area contributed by atoms with E-state index in [9.17, 15) is 4.79 Å². The Labute approximate surface area is 190 Å². The summed E-state index contributed by atoms with van der Waals surface area (Å²) in [6.07, 6.45) is 10.5. The standard InChI is InChI=1S/C28H32N2O2/c1-19-29-14-15-30(19)18-23-17-25-24(27(2,3)12-13-28(25,4)5)16-22(23)11-8-20-6-9-21(10-7-20)26(31)32/h6-11,14-17H,12-13,18H2,1-5H3,(H,31,32)/b11-8+. The average molecular weight is 429 g/mol. The van der Waals surface area contributed by atoms with Crippen LogP contribution in [0.5, 0.6) is 0 Å². The van der Waals surface area contributed by atoms with Crippen LogP contribution in [0.4, 0.5) is 0 Å². The molecule has 0 spiro atoms. The van der Waals surface area contributed by atoms with Crippen LogP contribution in [0.15, 0.2) is 48.8 Å². The highest BCUT2D eigenvalue weighted by Gasteiger charge is 2.37. The van der Waals surface area contributed by atoms with E-state index in [0.717, 1.165) is 17.9 Å². The van der Waals surface area contributed by atoms with Gasteiger partial charge in [0.05, 0.1) is 5.56 Å². The van der Waals surface area contributed by atoms with Crippen molar-refractivity contribution in [1.82, 2.24) is 9.55 Å². The van der Waals surface area contributed by atoms with E-state index in [0.29, 0.717) is 5.56 Å². The topological polar surface area (TPSA) is 55.1 Å². The van der Waals surface area contributed by atoms with Crippen molar-refractivity contribution >= 4 is 18.1 Å². The van der Waals surface area contributed by atoms with Crippen LogP contribution in [0.1, 0.15) is 84.5 Å². The van der Waals surface area contributed by atoms with Crippen molar-refractivity contribution < 1.29 is 9.90 Å². The number of fused-ring (bicyclic) bond motifs is 1. The van der Waals surface area contributed by atoms with E-state index in [-0.39, 0.29) is 10.8 Å². The normalized spacial score (nSPS) is 16.8. The lowest BCUT2D eigenvalue weighted by Crippen LogP contribution is -2.34. The molecule has 0 radical (unpaired) electrons. The lowest BCUT2D eigenvalue weighted by Gasteiger charge is -2.42. The Morgan fingerprint density at radius 3 is 2.22 bits per heavy atom. The summed E-state index contributed by atoms with van der Waals surface area (Å²) >= 11 is 0. The van der Waals surface area contributed by atoms with Crippen molar-refractivity contribution in [2.24, 2.45) is 0 Å². The van der Waals surface area contributed by atoms with Gasteiger partial charge in [-0.25, -0.2) is 9.78 Å². The van der Waals surface area contributed by atoms with Gasteiger partial charge >= 0.3 is 5.97 Å². The molecule has 1 N–H and O–H groups in total. The summed E-state index contributed by atoms with van der Waals surface area (Å²) in [5, 5.41) is 9.14. The smallest absolute Gasteiger partial charge is 0.335 e. The number of rotatable bonds is 5. The van der Waals surface area contributed by atoms with Gasteiger partial charge in [0.25, 0.3) is 0 Å². The Morgan fingerprint density at radius 1 is 1.03 bits per heavy atom. The van der Waals surface area contributed by atoms with Crippen molar-refractivity contribution in [3.8, 4) is 0 Å². The number of hydrogen-bond acceptors (Lipinski definition) is 2. The van der Waals surface area contributed by atoms with E-state index < -0.39 is 5.97 Å². The molecule has 4 nitrogen and oxygen atoms in total. The fourth-order valence-electron chi connectivity index (χ4n) is 4.64. The molecule has 1 aliphatic carbocycles. The van der Waals surface area contributed by atoms with Crippen molar-refractivity contribution in [1.29, 1.82) is 0 Å². The van der Waals surface area contributed by atoms with E-state index in [2.05, 4.69) is 61.5 Å². The van der Waals surface area contributed by atoms with Gasteiger partial charge in [0, 0.05) is 18.9 Å². The van der Waals surface area contributed by atoms with E-state index in [4.69, 9.17) is 5.11 Å². The molecule has 3 aromatic rings. The molecule has 0 saturated heterocycles. The molecule has 1 heterocycles. The van der Waals surface area contributed by atoms with E-state index in [1.165, 1.54) is 35.1 Å². The van der Waals surface area contributed by atoms with Gasteiger partial charge in [-0.3, -0.25) is 0 Å². The predicted octanol–water partition coefficient (Wildman–Crippen LogP) is 6.46. The van der Waals surface area contributed by atoms with Crippen LogP contribution >= 0.6 is 0 Å². The molecule has 1 aromatic heterocycles. The molecule has 0 atom stereocenters. The Kier molecular flexibility index (Phi) is 5.58. The van der Waals surface area contributed by atoms with Gasteiger partial charge < -0.3 is 9.67 Å². The second-order valence-corrected chi connectivity index (χ2v) is 10.2. The van der Waals surface area contributed by atoms with Gasteiger partial charge in [0.15, 0.2) is 0 Å². The molecule has 0 fully saturated rings. The third-order valence-corrected chi connectivity index (χ3v) is 6.99. The van der Waals surface area contributed by atoms with Crippen LogP contribution in [0.25, 0.3) is 12.2 Å². The van der Waals surface area contributed by atoms with Gasteiger partial charge in [-0.2, -0.15) is 0 Å². The predicted molar refractivity (Wildman–Crippen MR) is 130 cm³/mol. The van der Waals surface area contributed by atoms with E-state index in [1.807, 2.05) is 31.5 Å². The number of carboxylic acids is 1. The minimum atomic E-state index is -0.905. The summed E-state index contributed by atoms with van der Waals surface area (Å²) < 4.78 is 2.18. The minimum absolute atomic E-state index is 0.139. The number of nitrogens with zero attached hydrogens (tertiary/aromatic N) is 2. The first-order valence-electron chi connectivity index (χ1n) is 11.2. The molecule has 1 aliphatic rings. The molecule has 4 heteroatoms. The fourth-order valence-corrected chi connectivity index (χ4v) is 4.64. The van der Waals surface area contributed by atoms with Crippen molar-refractivity contribution in [3.05, 3.63) is 88.0 Å². The van der Waals surface area contributed by atoms with Gasteiger partial charge in [0.2, 0.25) is 0 Å². The van der Waals surface area contributed by atoms with E-state index in [1.54, 1.807) is 12.1 Å². The molecule has 32 heavy (non-hydrogen) atoms. The van der Waals surface area contributed by atoms with Gasteiger partial charge in [-0.15, -0.1) is 0 Å². The number of carbonyl (C=O) groups is 1. The average Bonchev–Trinajstić information content (AvgIpc) is 3.15. The molecule has 0 saturated carbocycles. The zero-order valence-corrected chi connectivity index (χ0v) is 19.6. The number of hydrogen-bond donors (Lipinski definition) is 1. The highest BCUT2D eigenvalue weighted by atomic mass is 16.4. The summed E-state index contributed by atoms with van der Waals surface area (Å²) in [6.45, 7) is 12.2. The second kappa shape index (κ2) is 8.09. The number of imidazole rings is 1. The number of aromatic nitrogens is 2. The van der Waals surface area contributed by atoms with Crippen LogP contribution in [0, 0.1) is 6.92 Å². The van der Waals surface area contributed by atoms with Crippen LogP contribution in [-0.4, -0.2) is 20.6 Å². The molecule has 0 unspecified atom stereocenters. The largest absolute Gasteiger partial charge is 0.478 e. The van der Waals surface area contributed by atoms with Gasteiger partial charge in [-0.1, -0.05) is 64.1 Å². The van der Waals surface area contributed by atoms with Crippen LogP contribution < -0.4 is 0 Å². The van der Waals surface area contributed by atoms with Crippen LogP contribution in [-0.2, 0) is 17.4 Å². The first-order valence-corrected chi connectivity index (χ1v) is 11.2. The molecule has 0 aliphatic heterocycles. The molecule has 2 aromatic carbocycles.